The number of nitrogens with two attached hydrogens (primary N) is 1. The second-order valence-electron chi connectivity index (χ2n) is 9.69. The van der Waals surface area contributed by atoms with Crippen molar-refractivity contribution in [2.45, 2.75) is 50.6 Å². The molecule has 2 heterocycles. The van der Waals surface area contributed by atoms with Gasteiger partial charge < -0.3 is 20.7 Å². The summed E-state index contributed by atoms with van der Waals surface area (Å²) in [4.78, 5) is 56.9. The number of fused-ring (bicyclic) bond motifs is 1. The first-order valence-electron chi connectivity index (χ1n) is 12.2. The van der Waals surface area contributed by atoms with Crippen LogP contribution in [0.15, 0.2) is 35.0 Å². The number of carbonyl (C=O) groups is 4. The van der Waals surface area contributed by atoms with Crippen LogP contribution in [0.1, 0.15) is 59.7 Å². The van der Waals surface area contributed by atoms with Gasteiger partial charge in [-0.3, -0.25) is 24.3 Å². The van der Waals surface area contributed by atoms with Crippen LogP contribution in [0.2, 0.25) is 0 Å². The number of aldehydes is 1. The van der Waals surface area contributed by atoms with Crippen LogP contribution in [0.25, 0.3) is 0 Å². The Morgan fingerprint density at radius 3 is 2.61 bits per heavy atom. The molecule has 0 spiro atoms. The lowest BCUT2D eigenvalue weighted by Gasteiger charge is -2.38. The highest BCUT2D eigenvalue weighted by atomic mass is 16.2. The van der Waals surface area contributed by atoms with Crippen LogP contribution < -0.4 is 16.0 Å². The highest BCUT2D eigenvalue weighted by Crippen LogP contribution is 2.35. The van der Waals surface area contributed by atoms with Crippen LogP contribution in [0.3, 0.4) is 0 Å². The molecule has 2 aliphatic heterocycles. The van der Waals surface area contributed by atoms with Crippen LogP contribution in [-0.4, -0.2) is 66.8 Å². The number of hydrogen-bond acceptors (Lipinski definition) is 7. The highest BCUT2D eigenvalue weighted by Gasteiger charge is 2.43. The third-order valence-corrected chi connectivity index (χ3v) is 7.11. The van der Waals surface area contributed by atoms with Crippen LogP contribution in [0.4, 0.5) is 5.69 Å². The summed E-state index contributed by atoms with van der Waals surface area (Å²) in [6, 6.07) is 4.09. The molecule has 36 heavy (non-hydrogen) atoms. The molecule has 9 nitrogen and oxygen atoms in total. The van der Waals surface area contributed by atoms with E-state index in [1.54, 1.807) is 24.4 Å². The largest absolute Gasteiger partial charge is 0.404 e. The monoisotopic (exact) mass is 489 g/mol. The minimum atomic E-state index is -1.03. The zero-order valence-electron chi connectivity index (χ0n) is 20.6. The first-order valence-corrected chi connectivity index (χ1v) is 12.2. The van der Waals surface area contributed by atoms with E-state index in [0.29, 0.717) is 24.9 Å². The number of carbonyl (C=O) groups excluding carboxylic acids is 4. The topological polar surface area (TPSA) is 125 Å². The molecule has 1 atom stereocenters. The molecule has 0 bridgehead atoms. The Kier molecular flexibility index (Phi) is 7.25. The Hall–Kier alpha value is -3.93. The summed E-state index contributed by atoms with van der Waals surface area (Å²) >= 11 is 0. The average molecular weight is 490 g/mol. The van der Waals surface area contributed by atoms with Gasteiger partial charge in [-0.05, 0) is 50.8 Å². The number of imide groups is 1. The van der Waals surface area contributed by atoms with E-state index in [1.165, 1.54) is 19.7 Å². The van der Waals surface area contributed by atoms with Gasteiger partial charge in [-0.25, -0.2) is 0 Å². The van der Waals surface area contributed by atoms with Crippen molar-refractivity contribution in [1.82, 2.24) is 10.2 Å². The molecule has 1 aliphatic carbocycles. The quantitative estimate of drug-likeness (QED) is 0.248. The molecule has 0 aromatic heterocycles. The Morgan fingerprint density at radius 1 is 1.28 bits per heavy atom. The van der Waals surface area contributed by atoms with Gasteiger partial charge in [-0.15, -0.1) is 0 Å². The normalized spacial score (nSPS) is 19.8. The van der Waals surface area contributed by atoms with Gasteiger partial charge in [-0.1, -0.05) is 11.8 Å². The summed E-state index contributed by atoms with van der Waals surface area (Å²) in [7, 11) is 1.43. The van der Waals surface area contributed by atoms with Gasteiger partial charge in [0.1, 0.15) is 12.3 Å². The maximum Gasteiger partial charge on any atom is 0.262 e. The molecule has 9 heteroatoms. The van der Waals surface area contributed by atoms with Crippen molar-refractivity contribution in [3.8, 4) is 11.8 Å². The molecule has 3 aliphatic rings. The van der Waals surface area contributed by atoms with Crippen molar-refractivity contribution in [3.63, 3.8) is 0 Å². The molecular weight excluding hydrogens is 458 g/mol. The first kappa shape index (κ1) is 25.2. The number of aliphatic imine (C=N–C) groups is 1. The van der Waals surface area contributed by atoms with Gasteiger partial charge >= 0.3 is 0 Å². The number of allylic oxidation sites excluding steroid dienone is 1. The lowest BCUT2D eigenvalue weighted by molar-refractivity contribution is -0.124. The molecule has 0 radical (unpaired) electrons. The predicted molar refractivity (Wildman–Crippen MR) is 137 cm³/mol. The van der Waals surface area contributed by atoms with E-state index in [9.17, 15) is 19.2 Å². The molecule has 2 fully saturated rings. The summed E-state index contributed by atoms with van der Waals surface area (Å²) in [5, 5.41) is 2.47. The van der Waals surface area contributed by atoms with E-state index in [2.05, 4.69) is 34.0 Å². The third kappa shape index (κ3) is 4.89. The number of nitrogens with zero attached hydrogens (tertiary/aromatic N) is 3. The number of likely N-dealkylation sites (N-methyl/N-ethyl adjacent to an activating group) is 1. The smallest absolute Gasteiger partial charge is 0.262 e. The fraction of sp³-hybridized carbons (Fsp3) is 0.444. The van der Waals surface area contributed by atoms with Crippen LogP contribution in [0, 0.1) is 17.8 Å². The second-order valence-corrected chi connectivity index (χ2v) is 9.69. The maximum absolute atomic E-state index is 13.1. The Balaban J connectivity index is 1.42. The van der Waals surface area contributed by atoms with E-state index in [0.717, 1.165) is 23.4 Å². The third-order valence-electron chi connectivity index (χ3n) is 7.11. The first-order chi connectivity index (χ1) is 17.3. The fourth-order valence-electron chi connectivity index (χ4n) is 4.62. The van der Waals surface area contributed by atoms with E-state index >= 15 is 0 Å². The molecule has 1 aromatic rings. The van der Waals surface area contributed by atoms with E-state index in [-0.39, 0.29) is 35.4 Å². The number of rotatable bonds is 8. The molecule has 1 unspecified atom stereocenters. The average Bonchev–Trinajstić information content (AvgIpc) is 3.08. The molecule has 3 N–H and O–H groups in total. The molecule has 1 aromatic carbocycles. The molecule has 1 saturated heterocycles. The number of benzene rings is 1. The summed E-state index contributed by atoms with van der Waals surface area (Å²) in [5.41, 5.74) is 7.77. The minimum absolute atomic E-state index is 0.0139. The Morgan fingerprint density at radius 2 is 2.00 bits per heavy atom. The highest BCUT2D eigenvalue weighted by molar-refractivity contribution is 6.23. The zero-order chi connectivity index (χ0) is 25.9. The molecular formula is C27H31N5O4. The molecule has 1 saturated carbocycles. The van der Waals surface area contributed by atoms with Crippen LogP contribution in [0.5, 0.6) is 0 Å². The van der Waals surface area contributed by atoms with Gasteiger partial charge in [0.25, 0.3) is 11.8 Å². The SMILES string of the molecule is CNC(=O)C(CCC=O)N1C(=O)c2ccc(N3CC(C#CC(C=NC4(C)CCC4)=CN)C3)cc2C1=O. The standard InChI is InChI=1S/C27H31N5O4/c1-27(10-4-11-27)30-15-18(14-28)6-7-19-16-31(17-19)20-8-9-21-22(13-20)26(36)32(25(21)35)23(5-3-12-33)24(34)29-2/h8-9,12-15,19,23H,3-5,10-11,16-17,28H2,1-2H3,(H,29,34). The fourth-order valence-corrected chi connectivity index (χ4v) is 4.62. The van der Waals surface area contributed by atoms with Crippen LogP contribution in [-0.2, 0) is 9.59 Å². The van der Waals surface area contributed by atoms with E-state index in [4.69, 9.17) is 5.73 Å². The van der Waals surface area contributed by atoms with Gasteiger partial charge in [0.15, 0.2) is 0 Å². The maximum atomic E-state index is 13.1. The zero-order valence-corrected chi connectivity index (χ0v) is 20.6. The summed E-state index contributed by atoms with van der Waals surface area (Å²) in [6.45, 7) is 3.51. The molecule has 4 rings (SSSR count). The van der Waals surface area contributed by atoms with Crippen molar-refractivity contribution in [3.05, 3.63) is 41.1 Å². The predicted octanol–water partition coefficient (Wildman–Crippen LogP) is 1.67. The summed E-state index contributed by atoms with van der Waals surface area (Å²) < 4.78 is 0. The van der Waals surface area contributed by atoms with Gasteiger partial charge in [0.2, 0.25) is 5.91 Å². The van der Waals surface area contributed by atoms with Crippen molar-refractivity contribution in [2.75, 3.05) is 25.0 Å². The summed E-state index contributed by atoms with van der Waals surface area (Å²) in [5.74, 6) is 4.98. The molecule has 188 valence electrons. The lowest BCUT2D eigenvalue weighted by atomic mass is 9.79. The summed E-state index contributed by atoms with van der Waals surface area (Å²) in [6.07, 6.45) is 7.44. The molecule has 3 amide bonds. The van der Waals surface area contributed by atoms with Gasteiger partial charge in [-0.2, -0.15) is 0 Å². The Bertz CT molecular complexity index is 1200. The van der Waals surface area contributed by atoms with E-state index in [1.807, 2.05) is 0 Å². The van der Waals surface area contributed by atoms with Crippen molar-refractivity contribution in [1.29, 1.82) is 0 Å². The number of nitrogens with one attached hydrogen (secondary N) is 1. The number of hydrogen-bond donors (Lipinski definition) is 2. The number of amides is 3. The number of anilines is 1. The van der Waals surface area contributed by atoms with Crippen molar-refractivity contribution < 1.29 is 19.2 Å². The van der Waals surface area contributed by atoms with Gasteiger partial charge in [0, 0.05) is 44.7 Å². The minimum Gasteiger partial charge on any atom is -0.404 e. The van der Waals surface area contributed by atoms with Crippen molar-refractivity contribution >= 4 is 35.9 Å². The van der Waals surface area contributed by atoms with Crippen molar-refractivity contribution in [2.24, 2.45) is 16.6 Å². The van der Waals surface area contributed by atoms with Gasteiger partial charge in [0.05, 0.1) is 28.2 Å². The lowest BCUT2D eigenvalue weighted by Crippen LogP contribution is -2.48. The Labute approximate surface area is 210 Å². The van der Waals surface area contributed by atoms with Crippen LogP contribution >= 0.6 is 0 Å². The van der Waals surface area contributed by atoms with E-state index < -0.39 is 23.8 Å². The second kappa shape index (κ2) is 10.4.